The molecule has 0 unspecified atom stereocenters. The van der Waals surface area contributed by atoms with E-state index in [0.29, 0.717) is 5.92 Å². The van der Waals surface area contributed by atoms with Crippen LogP contribution in [0, 0.1) is 6.92 Å². The van der Waals surface area contributed by atoms with Crippen molar-refractivity contribution in [2.24, 2.45) is 0 Å². The maximum atomic E-state index is 12.3. The zero-order valence-electron chi connectivity index (χ0n) is 14.3. The maximum absolute atomic E-state index is 12.3. The van der Waals surface area contributed by atoms with E-state index in [4.69, 9.17) is 4.74 Å². The molecular weight excluding hydrogens is 300 g/mol. The molecule has 1 amide bonds. The van der Waals surface area contributed by atoms with Crippen LogP contribution < -0.4 is 5.32 Å². The molecule has 2 fully saturated rings. The number of aromatic nitrogens is 1. The lowest BCUT2D eigenvalue weighted by atomic mass is 9.81. The molecule has 1 saturated heterocycles. The van der Waals surface area contributed by atoms with E-state index in [-0.39, 0.29) is 18.1 Å². The van der Waals surface area contributed by atoms with Crippen molar-refractivity contribution >= 4 is 16.8 Å². The van der Waals surface area contributed by atoms with Gasteiger partial charge in [-0.1, -0.05) is 18.1 Å². The van der Waals surface area contributed by atoms with Gasteiger partial charge in [0.25, 0.3) is 0 Å². The minimum Gasteiger partial charge on any atom is -0.368 e. The molecule has 1 aromatic heterocycles. The van der Waals surface area contributed by atoms with E-state index < -0.39 is 0 Å². The van der Waals surface area contributed by atoms with E-state index in [2.05, 4.69) is 41.6 Å². The standard InChI is InChI=1S/C20H26N2O2/c1-13-7-8-18-16(10-13)17(12-21-18)14-4-2-5-15(11-14)22-20(23)19-6-3-9-24-19/h7-8,10,12,14-15,19,21H,2-6,9,11H2,1H3,(H,22,23)/t14-,15+,19-/m0/s1. The summed E-state index contributed by atoms with van der Waals surface area (Å²) in [6.45, 7) is 2.86. The van der Waals surface area contributed by atoms with Gasteiger partial charge in [-0.15, -0.1) is 0 Å². The van der Waals surface area contributed by atoms with E-state index in [1.165, 1.54) is 34.9 Å². The first-order valence-electron chi connectivity index (χ1n) is 9.20. The van der Waals surface area contributed by atoms with Crippen LogP contribution >= 0.6 is 0 Å². The number of carbonyl (C=O) groups excluding carboxylic acids is 1. The third kappa shape index (κ3) is 3.07. The molecule has 2 aromatic rings. The molecule has 1 saturated carbocycles. The number of hydrogen-bond acceptors (Lipinski definition) is 2. The second kappa shape index (κ2) is 6.60. The molecule has 4 heteroatoms. The van der Waals surface area contributed by atoms with Crippen LogP contribution in [0.2, 0.25) is 0 Å². The second-order valence-electron chi connectivity index (χ2n) is 7.36. The predicted molar refractivity (Wildman–Crippen MR) is 95.1 cm³/mol. The fourth-order valence-electron chi connectivity index (χ4n) is 4.28. The number of H-pyrrole nitrogens is 1. The molecule has 128 valence electrons. The summed E-state index contributed by atoms with van der Waals surface area (Å²) in [6.07, 6.45) is 8.28. The molecule has 1 aromatic carbocycles. The number of aromatic amines is 1. The Hall–Kier alpha value is -1.81. The van der Waals surface area contributed by atoms with Crippen LogP contribution in [0.3, 0.4) is 0 Å². The summed E-state index contributed by atoms with van der Waals surface area (Å²) in [6, 6.07) is 6.85. The van der Waals surface area contributed by atoms with Crippen molar-refractivity contribution in [1.29, 1.82) is 0 Å². The molecule has 3 atom stereocenters. The minimum absolute atomic E-state index is 0.0907. The van der Waals surface area contributed by atoms with Gasteiger partial charge in [-0.3, -0.25) is 4.79 Å². The normalized spacial score (nSPS) is 27.5. The third-order valence-corrected chi connectivity index (χ3v) is 5.55. The van der Waals surface area contributed by atoms with Gasteiger partial charge in [-0.05, 0) is 62.6 Å². The van der Waals surface area contributed by atoms with Crippen LogP contribution in [0.1, 0.15) is 55.6 Å². The Morgan fingerprint density at radius 1 is 1.25 bits per heavy atom. The van der Waals surface area contributed by atoms with Gasteiger partial charge < -0.3 is 15.0 Å². The van der Waals surface area contributed by atoms with E-state index in [1.54, 1.807) is 0 Å². The summed E-state index contributed by atoms with van der Waals surface area (Å²) in [5.74, 6) is 0.608. The van der Waals surface area contributed by atoms with Crippen LogP contribution in [0.5, 0.6) is 0 Å². The summed E-state index contributed by atoms with van der Waals surface area (Å²) in [7, 11) is 0. The molecule has 0 bridgehead atoms. The van der Waals surface area contributed by atoms with Crippen LogP contribution in [0.15, 0.2) is 24.4 Å². The SMILES string of the molecule is Cc1ccc2[nH]cc([C@H]3CCC[C@@H](NC(=O)[C@@H]4CCCO4)C3)c2c1. The molecular formula is C20H26N2O2. The number of aryl methyl sites for hydroxylation is 1. The van der Waals surface area contributed by atoms with Crippen molar-refractivity contribution in [3.05, 3.63) is 35.5 Å². The van der Waals surface area contributed by atoms with Gasteiger partial charge in [0.15, 0.2) is 0 Å². The number of ether oxygens (including phenoxy) is 1. The third-order valence-electron chi connectivity index (χ3n) is 5.55. The minimum atomic E-state index is -0.221. The lowest BCUT2D eigenvalue weighted by molar-refractivity contribution is -0.131. The highest BCUT2D eigenvalue weighted by Gasteiger charge is 2.29. The summed E-state index contributed by atoms with van der Waals surface area (Å²) >= 11 is 0. The van der Waals surface area contributed by atoms with Crippen LogP contribution in [0.25, 0.3) is 10.9 Å². The Labute approximate surface area is 143 Å². The first-order valence-corrected chi connectivity index (χ1v) is 9.20. The highest BCUT2D eigenvalue weighted by molar-refractivity contribution is 5.84. The van der Waals surface area contributed by atoms with Gasteiger partial charge in [0, 0.05) is 29.7 Å². The van der Waals surface area contributed by atoms with Gasteiger partial charge in [0.2, 0.25) is 5.91 Å². The van der Waals surface area contributed by atoms with E-state index >= 15 is 0 Å². The van der Waals surface area contributed by atoms with Gasteiger partial charge >= 0.3 is 0 Å². The van der Waals surface area contributed by atoms with Crippen LogP contribution in [-0.4, -0.2) is 29.6 Å². The van der Waals surface area contributed by atoms with Crippen LogP contribution in [0.4, 0.5) is 0 Å². The number of benzene rings is 1. The Bertz CT molecular complexity index is 730. The van der Waals surface area contributed by atoms with E-state index in [1.807, 2.05) is 0 Å². The number of hydrogen-bond donors (Lipinski definition) is 2. The summed E-state index contributed by atoms with van der Waals surface area (Å²) in [4.78, 5) is 15.7. The Kier molecular flexibility index (Phi) is 4.31. The Morgan fingerprint density at radius 3 is 3.00 bits per heavy atom. The van der Waals surface area contributed by atoms with Crippen molar-refractivity contribution in [2.75, 3.05) is 6.61 Å². The van der Waals surface area contributed by atoms with E-state index in [0.717, 1.165) is 32.3 Å². The first kappa shape index (κ1) is 15.7. The number of nitrogens with one attached hydrogen (secondary N) is 2. The summed E-state index contributed by atoms with van der Waals surface area (Å²) in [5.41, 5.74) is 3.91. The summed E-state index contributed by atoms with van der Waals surface area (Å²) < 4.78 is 5.51. The maximum Gasteiger partial charge on any atom is 0.249 e. The zero-order valence-corrected chi connectivity index (χ0v) is 14.3. The van der Waals surface area contributed by atoms with Crippen molar-refractivity contribution in [1.82, 2.24) is 10.3 Å². The average Bonchev–Trinajstić information content (AvgIpc) is 3.24. The number of fused-ring (bicyclic) bond motifs is 1. The zero-order chi connectivity index (χ0) is 16.5. The second-order valence-corrected chi connectivity index (χ2v) is 7.36. The average molecular weight is 326 g/mol. The fraction of sp³-hybridized carbons (Fsp3) is 0.550. The fourth-order valence-corrected chi connectivity index (χ4v) is 4.28. The topological polar surface area (TPSA) is 54.1 Å². The van der Waals surface area contributed by atoms with Gasteiger partial charge in [0.1, 0.15) is 6.10 Å². The highest BCUT2D eigenvalue weighted by atomic mass is 16.5. The van der Waals surface area contributed by atoms with Gasteiger partial charge in [-0.2, -0.15) is 0 Å². The van der Waals surface area contributed by atoms with E-state index in [9.17, 15) is 4.79 Å². The Morgan fingerprint density at radius 2 is 2.17 bits per heavy atom. The number of amides is 1. The first-order chi connectivity index (χ1) is 11.7. The lowest BCUT2D eigenvalue weighted by Crippen LogP contribution is -2.43. The molecule has 0 spiro atoms. The molecule has 1 aliphatic heterocycles. The highest BCUT2D eigenvalue weighted by Crippen LogP contribution is 2.37. The number of rotatable bonds is 3. The molecule has 2 heterocycles. The van der Waals surface area contributed by atoms with Gasteiger partial charge in [0.05, 0.1) is 0 Å². The predicted octanol–water partition coefficient (Wildman–Crippen LogP) is 3.80. The van der Waals surface area contributed by atoms with Crippen LogP contribution in [-0.2, 0) is 9.53 Å². The molecule has 2 aliphatic rings. The molecule has 1 aliphatic carbocycles. The van der Waals surface area contributed by atoms with Crippen molar-refractivity contribution in [2.45, 2.75) is 63.5 Å². The monoisotopic (exact) mass is 326 g/mol. The van der Waals surface area contributed by atoms with Crippen molar-refractivity contribution in [3.8, 4) is 0 Å². The molecule has 4 nitrogen and oxygen atoms in total. The molecule has 0 radical (unpaired) electrons. The smallest absolute Gasteiger partial charge is 0.249 e. The lowest BCUT2D eigenvalue weighted by Gasteiger charge is -2.30. The largest absolute Gasteiger partial charge is 0.368 e. The molecule has 4 rings (SSSR count). The van der Waals surface area contributed by atoms with Gasteiger partial charge in [-0.25, -0.2) is 0 Å². The number of carbonyl (C=O) groups is 1. The quantitative estimate of drug-likeness (QED) is 0.901. The Balaban J connectivity index is 1.47. The van der Waals surface area contributed by atoms with Crippen molar-refractivity contribution < 1.29 is 9.53 Å². The molecule has 24 heavy (non-hydrogen) atoms. The van der Waals surface area contributed by atoms with Crippen molar-refractivity contribution in [3.63, 3.8) is 0 Å². The molecule has 2 N–H and O–H groups in total. The summed E-state index contributed by atoms with van der Waals surface area (Å²) in [5, 5.41) is 4.58.